The largest absolute Gasteiger partial charge is 0.478 e. The Morgan fingerprint density at radius 1 is 1.59 bits per heavy atom. The molecule has 1 aromatic heterocycles. The van der Waals surface area contributed by atoms with E-state index < -0.39 is 12.1 Å². The summed E-state index contributed by atoms with van der Waals surface area (Å²) in [4.78, 5) is 27.0. The smallest absolute Gasteiger partial charge is 0.415 e. The van der Waals surface area contributed by atoms with E-state index in [0.29, 0.717) is 5.82 Å². The van der Waals surface area contributed by atoms with E-state index in [4.69, 9.17) is 9.84 Å². The molecule has 0 aliphatic carbocycles. The van der Waals surface area contributed by atoms with Gasteiger partial charge in [0.25, 0.3) is 0 Å². The molecule has 1 N–H and O–H groups in total. The summed E-state index contributed by atoms with van der Waals surface area (Å²) < 4.78 is 4.80. The van der Waals surface area contributed by atoms with Gasteiger partial charge in [-0.1, -0.05) is 12.7 Å². The highest BCUT2D eigenvalue weighted by atomic mass is 16.6. The zero-order valence-electron chi connectivity index (χ0n) is 9.29. The fourth-order valence-electron chi connectivity index (χ4n) is 1.03. The van der Waals surface area contributed by atoms with Gasteiger partial charge in [0.1, 0.15) is 12.4 Å². The summed E-state index contributed by atoms with van der Waals surface area (Å²) in [6, 6.07) is 2.79. The molecule has 0 aromatic carbocycles. The number of amides is 1. The number of ether oxygens (including phenoxy) is 1. The molecule has 0 atom stereocenters. The van der Waals surface area contributed by atoms with Gasteiger partial charge in [-0.25, -0.2) is 14.6 Å². The average molecular weight is 236 g/mol. The molecule has 0 radical (unpaired) electrons. The normalized spacial score (nSPS) is 9.47. The van der Waals surface area contributed by atoms with Gasteiger partial charge in [0.2, 0.25) is 0 Å². The molecule has 0 bridgehead atoms. The van der Waals surface area contributed by atoms with Crippen LogP contribution >= 0.6 is 0 Å². The maximum Gasteiger partial charge on any atom is 0.415 e. The number of carbonyl (C=O) groups excluding carboxylic acids is 1. The molecule has 6 nitrogen and oxygen atoms in total. The molecule has 1 heterocycles. The third-order valence-electron chi connectivity index (χ3n) is 1.94. The van der Waals surface area contributed by atoms with E-state index in [0.717, 1.165) is 0 Å². The van der Waals surface area contributed by atoms with Crippen molar-refractivity contribution in [2.24, 2.45) is 0 Å². The molecule has 0 fully saturated rings. The van der Waals surface area contributed by atoms with Gasteiger partial charge in [-0.2, -0.15) is 0 Å². The zero-order chi connectivity index (χ0) is 12.8. The van der Waals surface area contributed by atoms with E-state index in [-0.39, 0.29) is 12.2 Å². The van der Waals surface area contributed by atoms with Crippen LogP contribution in [0.2, 0.25) is 0 Å². The SMILES string of the molecule is C=CCOC(=O)N(C)c1ccc(C(=O)O)cn1. The number of rotatable bonds is 4. The topological polar surface area (TPSA) is 79.7 Å². The minimum absolute atomic E-state index is 0.0570. The van der Waals surface area contributed by atoms with Gasteiger partial charge in [-0.05, 0) is 12.1 Å². The Labute approximate surface area is 98.1 Å². The van der Waals surface area contributed by atoms with Crippen LogP contribution in [0.3, 0.4) is 0 Å². The van der Waals surface area contributed by atoms with Gasteiger partial charge in [-0.15, -0.1) is 0 Å². The Bertz CT molecular complexity index is 428. The van der Waals surface area contributed by atoms with Crippen molar-refractivity contribution in [3.05, 3.63) is 36.5 Å². The number of carboxylic acids is 1. The Morgan fingerprint density at radius 3 is 2.76 bits per heavy atom. The van der Waals surface area contributed by atoms with E-state index in [1.807, 2.05) is 0 Å². The molecule has 90 valence electrons. The number of pyridine rings is 1. The van der Waals surface area contributed by atoms with Crippen molar-refractivity contribution < 1.29 is 19.4 Å². The second kappa shape index (κ2) is 5.64. The Morgan fingerprint density at radius 2 is 2.29 bits per heavy atom. The second-order valence-electron chi connectivity index (χ2n) is 3.13. The van der Waals surface area contributed by atoms with Crippen molar-refractivity contribution in [1.82, 2.24) is 4.98 Å². The summed E-state index contributed by atoms with van der Waals surface area (Å²) in [5.41, 5.74) is 0.0570. The number of aromatic nitrogens is 1. The number of aromatic carboxylic acids is 1. The van der Waals surface area contributed by atoms with Crippen molar-refractivity contribution in [2.75, 3.05) is 18.6 Å². The van der Waals surface area contributed by atoms with E-state index in [2.05, 4.69) is 11.6 Å². The summed E-state index contributed by atoms with van der Waals surface area (Å²) in [6.45, 7) is 3.53. The Balaban J connectivity index is 2.75. The molecule has 1 amide bonds. The first-order valence-electron chi connectivity index (χ1n) is 4.77. The zero-order valence-corrected chi connectivity index (χ0v) is 9.29. The Hall–Kier alpha value is -2.37. The molecular formula is C11H12N2O4. The van der Waals surface area contributed by atoms with Gasteiger partial charge >= 0.3 is 12.1 Å². The van der Waals surface area contributed by atoms with Gasteiger partial charge < -0.3 is 9.84 Å². The minimum atomic E-state index is -1.07. The van der Waals surface area contributed by atoms with Crippen LogP contribution in [0, 0.1) is 0 Å². The number of hydrogen-bond acceptors (Lipinski definition) is 4. The van der Waals surface area contributed by atoms with Crippen LogP contribution in [0.25, 0.3) is 0 Å². The van der Waals surface area contributed by atoms with E-state index >= 15 is 0 Å². The van der Waals surface area contributed by atoms with Gasteiger partial charge in [0.15, 0.2) is 0 Å². The summed E-state index contributed by atoms with van der Waals surface area (Å²) in [5, 5.41) is 8.68. The van der Waals surface area contributed by atoms with E-state index in [9.17, 15) is 9.59 Å². The first-order valence-corrected chi connectivity index (χ1v) is 4.77. The molecule has 6 heteroatoms. The lowest BCUT2D eigenvalue weighted by molar-refractivity contribution is 0.0696. The van der Waals surface area contributed by atoms with Crippen LogP contribution in [0.1, 0.15) is 10.4 Å². The van der Waals surface area contributed by atoms with Crippen molar-refractivity contribution in [3.63, 3.8) is 0 Å². The predicted octanol–water partition coefficient (Wildman–Crippen LogP) is 1.54. The lowest BCUT2D eigenvalue weighted by Gasteiger charge is -2.15. The van der Waals surface area contributed by atoms with Crippen LogP contribution in [0.5, 0.6) is 0 Å². The Kier molecular flexibility index (Phi) is 4.21. The molecule has 0 saturated heterocycles. The number of hydrogen-bond donors (Lipinski definition) is 1. The number of nitrogens with zero attached hydrogens (tertiary/aromatic N) is 2. The monoisotopic (exact) mass is 236 g/mol. The van der Waals surface area contributed by atoms with E-state index in [1.54, 1.807) is 0 Å². The van der Waals surface area contributed by atoms with Crippen molar-refractivity contribution in [3.8, 4) is 0 Å². The molecule has 1 aromatic rings. The highest BCUT2D eigenvalue weighted by Crippen LogP contribution is 2.10. The lowest BCUT2D eigenvalue weighted by atomic mass is 10.3. The van der Waals surface area contributed by atoms with Crippen LogP contribution in [0.4, 0.5) is 10.6 Å². The molecule has 0 spiro atoms. The predicted molar refractivity (Wildman–Crippen MR) is 61.1 cm³/mol. The van der Waals surface area contributed by atoms with Crippen LogP contribution in [0.15, 0.2) is 31.0 Å². The number of carbonyl (C=O) groups is 2. The molecule has 1 rings (SSSR count). The first kappa shape index (κ1) is 12.7. The van der Waals surface area contributed by atoms with Crippen molar-refractivity contribution in [1.29, 1.82) is 0 Å². The van der Waals surface area contributed by atoms with Crippen molar-refractivity contribution in [2.45, 2.75) is 0 Å². The third-order valence-corrected chi connectivity index (χ3v) is 1.94. The maximum atomic E-state index is 11.4. The van der Waals surface area contributed by atoms with Gasteiger partial charge in [0, 0.05) is 13.2 Å². The fourth-order valence-corrected chi connectivity index (χ4v) is 1.03. The molecular weight excluding hydrogens is 224 g/mol. The quantitative estimate of drug-likeness (QED) is 0.802. The highest BCUT2D eigenvalue weighted by Gasteiger charge is 2.13. The van der Waals surface area contributed by atoms with Crippen LogP contribution in [-0.4, -0.2) is 35.8 Å². The summed E-state index contributed by atoms with van der Waals surface area (Å²) in [6.07, 6.45) is 2.04. The summed E-state index contributed by atoms with van der Waals surface area (Å²) in [5.74, 6) is -0.759. The molecule has 0 aliphatic rings. The van der Waals surface area contributed by atoms with Gasteiger partial charge in [-0.3, -0.25) is 4.90 Å². The molecule has 0 unspecified atom stereocenters. The first-order chi connectivity index (χ1) is 8.06. The molecule has 0 saturated carbocycles. The minimum Gasteiger partial charge on any atom is -0.478 e. The van der Waals surface area contributed by atoms with Gasteiger partial charge in [0.05, 0.1) is 5.56 Å². The third kappa shape index (κ3) is 3.30. The number of carboxylic acid groups (broad SMARTS) is 1. The van der Waals surface area contributed by atoms with Crippen LogP contribution < -0.4 is 4.90 Å². The van der Waals surface area contributed by atoms with Crippen LogP contribution in [-0.2, 0) is 4.74 Å². The molecule has 17 heavy (non-hydrogen) atoms. The lowest BCUT2D eigenvalue weighted by Crippen LogP contribution is -2.27. The summed E-state index contributed by atoms with van der Waals surface area (Å²) >= 11 is 0. The standard InChI is InChI=1S/C11H12N2O4/c1-3-6-17-11(16)13(2)9-5-4-8(7-12-9)10(14)15/h3-5,7H,1,6H2,2H3,(H,14,15). The maximum absolute atomic E-state index is 11.4. The molecule has 0 aliphatic heterocycles. The number of anilines is 1. The van der Waals surface area contributed by atoms with Crippen molar-refractivity contribution >= 4 is 17.9 Å². The van der Waals surface area contributed by atoms with E-state index in [1.165, 1.54) is 36.4 Å². The summed E-state index contributed by atoms with van der Waals surface area (Å²) in [7, 11) is 1.48. The fraction of sp³-hybridized carbons (Fsp3) is 0.182. The average Bonchev–Trinajstić information content (AvgIpc) is 2.35. The highest BCUT2D eigenvalue weighted by molar-refractivity contribution is 5.89. The second-order valence-corrected chi connectivity index (χ2v) is 3.13.